The number of primary amides is 2. The van der Waals surface area contributed by atoms with Crippen molar-refractivity contribution in [1.29, 1.82) is 0 Å². The largest absolute Gasteiger partial charge is 0.480 e. The number of nitrogens with two attached hydrogens (primary N) is 2. The molecule has 8 nitrogen and oxygen atoms in total. The zero-order valence-corrected chi connectivity index (χ0v) is 21.8. The van der Waals surface area contributed by atoms with Gasteiger partial charge in [-0.25, -0.2) is 4.79 Å². The third kappa shape index (κ3) is 6.05. The van der Waals surface area contributed by atoms with Gasteiger partial charge in [0, 0.05) is 11.4 Å². The van der Waals surface area contributed by atoms with E-state index in [-0.39, 0.29) is 17.4 Å². The Morgan fingerprint density at radius 2 is 1.57 bits per heavy atom. The van der Waals surface area contributed by atoms with Gasteiger partial charge in [0.15, 0.2) is 0 Å². The highest BCUT2D eigenvalue weighted by Gasteiger charge is 2.51. The maximum atomic E-state index is 12.7. The number of carbonyl (C=O) groups excluding carboxylic acids is 2. The van der Waals surface area contributed by atoms with E-state index in [1.54, 1.807) is 6.07 Å². The van der Waals surface area contributed by atoms with Crippen molar-refractivity contribution >= 4 is 40.3 Å². The van der Waals surface area contributed by atoms with Gasteiger partial charge in [0.2, 0.25) is 0 Å². The van der Waals surface area contributed by atoms with Crippen molar-refractivity contribution in [2.45, 2.75) is 63.3 Å². The summed E-state index contributed by atoms with van der Waals surface area (Å²) >= 11 is 1.23. The molecule has 0 spiro atoms. The number of amides is 3. The van der Waals surface area contributed by atoms with Crippen LogP contribution in [0.3, 0.4) is 0 Å². The molecule has 198 valence electrons. The Hall–Kier alpha value is -3.17. The molecule has 1 heterocycles. The Bertz CT molecular complexity index is 1150. The fourth-order valence-electron chi connectivity index (χ4n) is 6.09. The van der Waals surface area contributed by atoms with E-state index in [1.165, 1.54) is 17.8 Å². The Morgan fingerprint density at radius 1 is 0.973 bits per heavy atom. The quantitative estimate of drug-likeness (QED) is 0.290. The van der Waals surface area contributed by atoms with Crippen molar-refractivity contribution in [2.24, 2.45) is 23.3 Å². The third-order valence-electron chi connectivity index (χ3n) is 7.85. The standard InChI is InChI=1S/C28H36N4O4S/c29-24(33)22-17-23(37-25(22)32-27(30)36)19-14-12-18(13-15-19)7-6-16-31-28(26(34)35,21-10-4-5-11-21)20-8-2-1-3-9-20/h6-7,12-15,17,20-21,31H,1-5,8-11,16H2,(H2,29,33)(H,34,35)(H3,30,32,36)/b7-6+/t28-/m1/s1. The van der Waals surface area contributed by atoms with Gasteiger partial charge >= 0.3 is 12.0 Å². The molecule has 2 saturated carbocycles. The molecule has 0 saturated heterocycles. The van der Waals surface area contributed by atoms with Crippen LogP contribution in [-0.4, -0.2) is 35.1 Å². The number of aliphatic carboxylic acids is 1. The number of carboxylic acids is 1. The van der Waals surface area contributed by atoms with E-state index < -0.39 is 23.4 Å². The van der Waals surface area contributed by atoms with E-state index in [2.05, 4.69) is 10.6 Å². The highest BCUT2D eigenvalue weighted by Crippen LogP contribution is 2.44. The zero-order valence-electron chi connectivity index (χ0n) is 21.0. The van der Waals surface area contributed by atoms with E-state index in [1.807, 2.05) is 36.4 Å². The first-order valence-electron chi connectivity index (χ1n) is 13.1. The Kier molecular flexibility index (Phi) is 8.66. The van der Waals surface area contributed by atoms with E-state index >= 15 is 0 Å². The number of benzene rings is 1. The number of thiophene rings is 1. The lowest BCUT2D eigenvalue weighted by Gasteiger charge is -2.44. The van der Waals surface area contributed by atoms with Gasteiger partial charge in [0.05, 0.1) is 5.56 Å². The molecule has 0 bridgehead atoms. The van der Waals surface area contributed by atoms with Crippen LogP contribution < -0.4 is 22.1 Å². The van der Waals surface area contributed by atoms with E-state index in [4.69, 9.17) is 11.5 Å². The van der Waals surface area contributed by atoms with Gasteiger partial charge in [-0.3, -0.25) is 20.2 Å². The van der Waals surface area contributed by atoms with Crippen LogP contribution in [0.2, 0.25) is 0 Å². The van der Waals surface area contributed by atoms with Crippen LogP contribution in [0.15, 0.2) is 36.4 Å². The number of rotatable bonds is 10. The molecule has 2 aromatic rings. The topological polar surface area (TPSA) is 148 Å². The predicted molar refractivity (Wildman–Crippen MR) is 147 cm³/mol. The smallest absolute Gasteiger partial charge is 0.324 e. The molecule has 4 rings (SSSR count). The molecule has 1 atom stereocenters. The minimum atomic E-state index is -0.848. The summed E-state index contributed by atoms with van der Waals surface area (Å²) in [5.74, 6) is -0.965. The Labute approximate surface area is 221 Å². The van der Waals surface area contributed by atoms with Crippen LogP contribution in [0.4, 0.5) is 9.80 Å². The minimum Gasteiger partial charge on any atom is -0.480 e. The highest BCUT2D eigenvalue weighted by molar-refractivity contribution is 7.20. The fourth-order valence-corrected chi connectivity index (χ4v) is 7.16. The van der Waals surface area contributed by atoms with Crippen molar-refractivity contribution in [3.8, 4) is 10.4 Å². The molecule has 7 N–H and O–H groups in total. The van der Waals surface area contributed by atoms with E-state index in [0.717, 1.165) is 67.4 Å². The number of hydrogen-bond acceptors (Lipinski definition) is 5. The molecule has 37 heavy (non-hydrogen) atoms. The van der Waals surface area contributed by atoms with Crippen molar-refractivity contribution in [2.75, 3.05) is 11.9 Å². The van der Waals surface area contributed by atoms with E-state index in [9.17, 15) is 19.5 Å². The summed E-state index contributed by atoms with van der Waals surface area (Å²) < 4.78 is 0. The van der Waals surface area contributed by atoms with Gasteiger partial charge in [-0.1, -0.05) is 68.5 Å². The molecule has 0 radical (unpaired) electrons. The maximum absolute atomic E-state index is 12.7. The molecule has 2 aliphatic rings. The van der Waals surface area contributed by atoms with Gasteiger partial charge < -0.3 is 16.6 Å². The van der Waals surface area contributed by atoms with Crippen LogP contribution in [0.5, 0.6) is 0 Å². The first kappa shape index (κ1) is 26.9. The second-order valence-corrected chi connectivity index (χ2v) is 11.2. The summed E-state index contributed by atoms with van der Waals surface area (Å²) in [4.78, 5) is 36.5. The van der Waals surface area contributed by atoms with Crippen molar-refractivity contribution in [3.63, 3.8) is 0 Å². The summed E-state index contributed by atoms with van der Waals surface area (Å²) in [6.07, 6.45) is 13.6. The lowest BCUT2D eigenvalue weighted by atomic mass is 9.67. The van der Waals surface area contributed by atoms with Crippen molar-refractivity contribution in [3.05, 3.63) is 47.5 Å². The second-order valence-electron chi connectivity index (χ2n) is 10.1. The van der Waals surface area contributed by atoms with Gasteiger partial charge in [0.1, 0.15) is 10.5 Å². The molecular formula is C28H36N4O4S. The average molecular weight is 525 g/mol. The number of carboxylic acid groups (broad SMARTS) is 1. The molecule has 1 aromatic carbocycles. The van der Waals surface area contributed by atoms with Gasteiger partial charge in [-0.15, -0.1) is 11.3 Å². The highest BCUT2D eigenvalue weighted by atomic mass is 32.1. The molecular weight excluding hydrogens is 488 g/mol. The second kappa shape index (κ2) is 11.9. The number of carbonyl (C=O) groups is 3. The zero-order chi connectivity index (χ0) is 26.4. The summed E-state index contributed by atoms with van der Waals surface area (Å²) in [5, 5.41) is 16.7. The lowest BCUT2D eigenvalue weighted by Crippen LogP contribution is -2.62. The number of nitrogens with one attached hydrogen (secondary N) is 2. The normalized spacial score (nSPS) is 18.6. The van der Waals surface area contributed by atoms with Gasteiger partial charge in [0.25, 0.3) is 5.91 Å². The summed E-state index contributed by atoms with van der Waals surface area (Å²) in [6, 6.07) is 8.67. The maximum Gasteiger partial charge on any atom is 0.324 e. The van der Waals surface area contributed by atoms with Crippen LogP contribution in [0.1, 0.15) is 73.7 Å². The number of hydrogen-bond donors (Lipinski definition) is 5. The SMILES string of the molecule is NC(=O)Nc1sc(-c2ccc(/C=C/CN[C@](C(=O)O)(C3CCCCC3)C3CCCC3)cc2)cc1C(N)=O. The third-order valence-corrected chi connectivity index (χ3v) is 8.95. The average Bonchev–Trinajstić information content (AvgIpc) is 3.56. The number of urea groups is 1. The van der Waals surface area contributed by atoms with Crippen LogP contribution >= 0.6 is 11.3 Å². The fraction of sp³-hybridized carbons (Fsp3) is 0.464. The minimum absolute atomic E-state index is 0.180. The molecule has 2 aliphatic carbocycles. The first-order chi connectivity index (χ1) is 17.8. The molecule has 0 unspecified atom stereocenters. The monoisotopic (exact) mass is 524 g/mol. The molecule has 3 amide bonds. The predicted octanol–water partition coefficient (Wildman–Crippen LogP) is 5.20. The van der Waals surface area contributed by atoms with E-state index in [0.29, 0.717) is 11.5 Å². The van der Waals surface area contributed by atoms with Crippen LogP contribution in [0.25, 0.3) is 16.5 Å². The molecule has 2 fully saturated rings. The summed E-state index contributed by atoms with van der Waals surface area (Å²) in [5.41, 5.74) is 11.9. The Morgan fingerprint density at radius 3 is 2.11 bits per heavy atom. The van der Waals surface area contributed by atoms with Crippen LogP contribution in [-0.2, 0) is 4.79 Å². The lowest BCUT2D eigenvalue weighted by molar-refractivity contribution is -0.151. The van der Waals surface area contributed by atoms with Gasteiger partial charge in [-0.05, 0) is 54.7 Å². The molecule has 1 aromatic heterocycles. The number of anilines is 1. The Balaban J connectivity index is 1.45. The van der Waals surface area contributed by atoms with Crippen molar-refractivity contribution < 1.29 is 19.5 Å². The molecule has 9 heteroatoms. The van der Waals surface area contributed by atoms with Gasteiger partial charge in [-0.2, -0.15) is 0 Å². The van der Waals surface area contributed by atoms with Crippen molar-refractivity contribution in [1.82, 2.24) is 5.32 Å². The molecule has 0 aliphatic heterocycles. The first-order valence-corrected chi connectivity index (χ1v) is 13.9. The summed E-state index contributed by atoms with van der Waals surface area (Å²) in [7, 11) is 0. The van der Waals surface area contributed by atoms with Crippen LogP contribution in [0, 0.1) is 11.8 Å². The summed E-state index contributed by atoms with van der Waals surface area (Å²) in [6.45, 7) is 0.496.